The van der Waals surface area contributed by atoms with Gasteiger partial charge in [-0.1, -0.05) is 146 Å². The normalized spacial score (nSPS) is 13.4. The topological polar surface area (TPSA) is 61.0 Å². The van der Waals surface area contributed by atoms with E-state index in [0.29, 0.717) is 28.6 Å². The second-order valence-corrected chi connectivity index (χ2v) is 13.1. The highest BCUT2D eigenvalue weighted by Crippen LogP contribution is 2.63. The van der Waals surface area contributed by atoms with Crippen molar-refractivity contribution in [2.45, 2.75) is 5.41 Å². The summed E-state index contributed by atoms with van der Waals surface area (Å²) in [5, 5.41) is 1.94. The van der Waals surface area contributed by atoms with Gasteiger partial charge in [0.15, 0.2) is 28.8 Å². The van der Waals surface area contributed by atoms with Crippen LogP contribution in [0.15, 0.2) is 168 Å². The first kappa shape index (κ1) is 28.0. The minimum atomic E-state index is -0.573. The van der Waals surface area contributed by atoms with E-state index in [0.717, 1.165) is 50.1 Å². The van der Waals surface area contributed by atoms with Gasteiger partial charge in [-0.05, 0) is 40.5 Å². The van der Waals surface area contributed by atoms with Crippen LogP contribution in [-0.4, -0.2) is 15.0 Å². The third-order valence-corrected chi connectivity index (χ3v) is 10.4. The van der Waals surface area contributed by atoms with Crippen molar-refractivity contribution in [3.8, 4) is 56.8 Å². The zero-order valence-electron chi connectivity index (χ0n) is 27.2. The lowest BCUT2D eigenvalue weighted by Crippen LogP contribution is -2.32. The van der Waals surface area contributed by atoms with Crippen molar-refractivity contribution in [1.29, 1.82) is 0 Å². The first-order valence-corrected chi connectivity index (χ1v) is 17.1. The third kappa shape index (κ3) is 3.88. The molecule has 2 aromatic heterocycles. The molecule has 2 aliphatic rings. The van der Waals surface area contributed by atoms with Crippen LogP contribution in [0.4, 0.5) is 0 Å². The third-order valence-electron chi connectivity index (χ3n) is 10.4. The Labute approximate surface area is 293 Å². The molecule has 1 aliphatic heterocycles. The first-order valence-electron chi connectivity index (χ1n) is 17.1. The molecule has 0 N–H and O–H groups in total. The molecular formula is C46H27N3O2. The van der Waals surface area contributed by atoms with E-state index in [1.54, 1.807) is 0 Å². The zero-order valence-corrected chi connectivity index (χ0v) is 27.2. The lowest BCUT2D eigenvalue weighted by Gasteiger charge is -2.39. The Bertz CT molecular complexity index is 2740. The fourth-order valence-corrected chi connectivity index (χ4v) is 8.27. The maximum atomic E-state index is 7.00. The molecule has 0 bridgehead atoms. The number of para-hydroxylation sites is 2. The summed E-state index contributed by atoms with van der Waals surface area (Å²) in [6.07, 6.45) is 0. The van der Waals surface area contributed by atoms with Gasteiger partial charge in [0, 0.05) is 33.0 Å². The predicted molar refractivity (Wildman–Crippen MR) is 201 cm³/mol. The van der Waals surface area contributed by atoms with E-state index >= 15 is 0 Å². The molecule has 1 spiro atoms. The van der Waals surface area contributed by atoms with Gasteiger partial charge in [0.05, 0.1) is 11.0 Å². The van der Waals surface area contributed by atoms with Crippen LogP contribution in [0.25, 0.3) is 67.2 Å². The number of hydrogen-bond acceptors (Lipinski definition) is 5. The Hall–Kier alpha value is -6.85. The van der Waals surface area contributed by atoms with Gasteiger partial charge in [0.25, 0.3) is 0 Å². The van der Waals surface area contributed by atoms with Gasteiger partial charge in [0.2, 0.25) is 0 Å². The molecule has 0 atom stereocenters. The fraction of sp³-hybridized carbons (Fsp3) is 0.0217. The first-order chi connectivity index (χ1) is 25.3. The zero-order chi connectivity index (χ0) is 33.5. The molecule has 0 unspecified atom stereocenters. The van der Waals surface area contributed by atoms with Gasteiger partial charge in [-0.15, -0.1) is 0 Å². The Kier molecular flexibility index (Phi) is 5.81. The fourth-order valence-electron chi connectivity index (χ4n) is 8.27. The van der Waals surface area contributed by atoms with Crippen LogP contribution in [0.3, 0.4) is 0 Å². The number of aromatic nitrogens is 3. The lowest BCUT2D eigenvalue weighted by molar-refractivity contribution is 0.433. The molecule has 51 heavy (non-hydrogen) atoms. The number of nitrogens with zero attached hydrogens (tertiary/aromatic N) is 3. The van der Waals surface area contributed by atoms with Gasteiger partial charge < -0.3 is 9.15 Å². The highest BCUT2D eigenvalue weighted by Gasteiger charge is 2.51. The van der Waals surface area contributed by atoms with E-state index in [-0.39, 0.29) is 0 Å². The molecule has 5 heteroatoms. The Morgan fingerprint density at radius 2 is 0.902 bits per heavy atom. The minimum Gasteiger partial charge on any atom is -0.453 e. The maximum Gasteiger partial charge on any atom is 0.178 e. The molecule has 238 valence electrons. The average Bonchev–Trinajstić information content (AvgIpc) is 3.73. The van der Waals surface area contributed by atoms with Gasteiger partial charge in [-0.2, -0.15) is 0 Å². The van der Waals surface area contributed by atoms with Crippen LogP contribution in [0.2, 0.25) is 0 Å². The van der Waals surface area contributed by atoms with Crippen molar-refractivity contribution in [3.05, 3.63) is 186 Å². The van der Waals surface area contributed by atoms with E-state index in [2.05, 4.69) is 84.9 Å². The molecular weight excluding hydrogens is 627 g/mol. The second kappa shape index (κ2) is 10.6. The monoisotopic (exact) mass is 653 g/mol. The van der Waals surface area contributed by atoms with Crippen LogP contribution in [0.1, 0.15) is 22.3 Å². The van der Waals surface area contributed by atoms with E-state index in [4.69, 9.17) is 24.1 Å². The van der Waals surface area contributed by atoms with Crippen LogP contribution >= 0.6 is 0 Å². The molecule has 0 amide bonds. The molecule has 5 nitrogen and oxygen atoms in total. The summed E-state index contributed by atoms with van der Waals surface area (Å²) in [7, 11) is 0. The molecule has 0 saturated carbocycles. The average molecular weight is 654 g/mol. The van der Waals surface area contributed by atoms with E-state index in [9.17, 15) is 0 Å². The summed E-state index contributed by atoms with van der Waals surface area (Å²) in [6, 6.07) is 56.6. The van der Waals surface area contributed by atoms with Crippen LogP contribution in [0.5, 0.6) is 11.5 Å². The van der Waals surface area contributed by atoms with Crippen molar-refractivity contribution in [2.75, 3.05) is 0 Å². The number of ether oxygens (including phenoxy) is 1. The Morgan fingerprint density at radius 3 is 1.57 bits per heavy atom. The molecule has 7 aromatic carbocycles. The van der Waals surface area contributed by atoms with E-state index in [1.807, 2.05) is 78.9 Å². The van der Waals surface area contributed by atoms with Crippen LogP contribution in [0, 0.1) is 0 Å². The molecule has 0 saturated heterocycles. The number of rotatable bonds is 3. The summed E-state index contributed by atoms with van der Waals surface area (Å²) in [4.78, 5) is 15.0. The van der Waals surface area contributed by atoms with Gasteiger partial charge in [-0.3, -0.25) is 0 Å². The summed E-state index contributed by atoms with van der Waals surface area (Å²) in [6.45, 7) is 0. The molecule has 9 aromatic rings. The molecule has 0 fully saturated rings. The van der Waals surface area contributed by atoms with Crippen molar-refractivity contribution >= 4 is 21.9 Å². The number of fused-ring (bicyclic) bond motifs is 13. The van der Waals surface area contributed by atoms with Crippen molar-refractivity contribution in [3.63, 3.8) is 0 Å². The number of furan rings is 1. The molecule has 11 rings (SSSR count). The van der Waals surface area contributed by atoms with Gasteiger partial charge >= 0.3 is 0 Å². The van der Waals surface area contributed by atoms with Gasteiger partial charge in [-0.25, -0.2) is 15.0 Å². The van der Waals surface area contributed by atoms with Crippen molar-refractivity contribution < 1.29 is 9.15 Å². The lowest BCUT2D eigenvalue weighted by atomic mass is 9.66. The molecule has 1 aliphatic carbocycles. The molecule has 3 heterocycles. The quantitative estimate of drug-likeness (QED) is 0.190. The van der Waals surface area contributed by atoms with Crippen molar-refractivity contribution in [2.24, 2.45) is 0 Å². The predicted octanol–water partition coefficient (Wildman–Crippen LogP) is 11.2. The summed E-state index contributed by atoms with van der Waals surface area (Å²) in [5.74, 6) is 3.30. The maximum absolute atomic E-state index is 7.00. The van der Waals surface area contributed by atoms with Crippen molar-refractivity contribution in [1.82, 2.24) is 15.0 Å². The largest absolute Gasteiger partial charge is 0.453 e. The van der Waals surface area contributed by atoms with E-state index in [1.165, 1.54) is 22.3 Å². The molecule has 0 radical (unpaired) electrons. The highest BCUT2D eigenvalue weighted by atomic mass is 16.5. The Morgan fingerprint density at radius 1 is 0.373 bits per heavy atom. The summed E-state index contributed by atoms with van der Waals surface area (Å²) in [5.41, 5.74) is 10.6. The summed E-state index contributed by atoms with van der Waals surface area (Å²) < 4.78 is 13.9. The van der Waals surface area contributed by atoms with E-state index < -0.39 is 5.41 Å². The van der Waals surface area contributed by atoms with Gasteiger partial charge in [0.1, 0.15) is 11.3 Å². The SMILES string of the molecule is c1ccc(-c2nc(-c3ccccc3)nc(-c3cccc4c3oc3c5c(ccc34)C3(c4ccccc4O5)c4ccccc4-c4ccccc43)n2)cc1. The summed E-state index contributed by atoms with van der Waals surface area (Å²) >= 11 is 0. The standard InChI is InChI=1S/C46H27N3O2/c1-3-14-28(15-4-1)43-47-44(29-16-5-2-6-17-29)49-45(48-43)34-21-13-20-32-33-26-27-38-42(41(33)51-40(32)34)50-39-25-12-11-24-37(39)46(38)35-22-9-7-18-30(35)31-19-8-10-23-36(31)46/h1-27H. The second-order valence-electron chi connectivity index (χ2n) is 13.1. The number of benzene rings is 7. The number of hydrogen-bond donors (Lipinski definition) is 0. The minimum absolute atomic E-state index is 0.544. The smallest absolute Gasteiger partial charge is 0.178 e. The van der Waals surface area contributed by atoms with Crippen LogP contribution in [-0.2, 0) is 5.41 Å². The highest BCUT2D eigenvalue weighted by molar-refractivity contribution is 6.11. The van der Waals surface area contributed by atoms with Crippen LogP contribution < -0.4 is 4.74 Å². The Balaban J connectivity index is 1.19.